The second-order valence-electron chi connectivity index (χ2n) is 4.02. The Balaban J connectivity index is 2.91. The molecular weight excluding hydrogens is 176 g/mol. The van der Waals surface area contributed by atoms with E-state index in [0.29, 0.717) is 12.5 Å². The normalized spacial score (nSPS) is 13.2. The molecule has 1 aromatic heterocycles. The molecule has 1 heterocycles. The third-order valence-electron chi connectivity index (χ3n) is 2.52. The summed E-state index contributed by atoms with van der Waals surface area (Å²) in [4.78, 5) is 11.5. The summed E-state index contributed by atoms with van der Waals surface area (Å²) in [6.45, 7) is 6.65. The van der Waals surface area contributed by atoms with Crippen molar-refractivity contribution in [2.24, 2.45) is 11.7 Å². The molecule has 0 saturated heterocycles. The molecule has 0 aliphatic rings. The van der Waals surface area contributed by atoms with Gasteiger partial charge in [-0.1, -0.05) is 19.9 Å². The highest BCUT2D eigenvalue weighted by Crippen LogP contribution is 2.02. The van der Waals surface area contributed by atoms with E-state index in [2.05, 4.69) is 13.8 Å². The Morgan fingerprint density at radius 3 is 2.57 bits per heavy atom. The van der Waals surface area contributed by atoms with Gasteiger partial charge in [-0.15, -0.1) is 0 Å². The Morgan fingerprint density at radius 1 is 1.43 bits per heavy atom. The summed E-state index contributed by atoms with van der Waals surface area (Å²) < 4.78 is 1.73. The van der Waals surface area contributed by atoms with Crippen molar-refractivity contribution in [1.29, 1.82) is 0 Å². The van der Waals surface area contributed by atoms with Crippen molar-refractivity contribution in [3.05, 3.63) is 34.2 Å². The van der Waals surface area contributed by atoms with Crippen molar-refractivity contribution in [3.8, 4) is 0 Å². The minimum absolute atomic E-state index is 0.0288. The lowest BCUT2D eigenvalue weighted by Crippen LogP contribution is -2.36. The van der Waals surface area contributed by atoms with E-state index < -0.39 is 0 Å². The van der Waals surface area contributed by atoms with Crippen LogP contribution in [0.4, 0.5) is 0 Å². The summed E-state index contributed by atoms with van der Waals surface area (Å²) in [6, 6.07) is 5.30. The fraction of sp³-hybridized carbons (Fsp3) is 0.545. The monoisotopic (exact) mass is 194 g/mol. The smallest absolute Gasteiger partial charge is 0.250 e. The molecule has 0 spiro atoms. The molecule has 3 heteroatoms. The molecule has 1 rings (SSSR count). The van der Waals surface area contributed by atoms with Crippen molar-refractivity contribution < 1.29 is 0 Å². The fourth-order valence-corrected chi connectivity index (χ4v) is 1.28. The average molecular weight is 194 g/mol. The molecule has 0 bridgehead atoms. The molecule has 0 aliphatic carbocycles. The van der Waals surface area contributed by atoms with Crippen LogP contribution < -0.4 is 11.3 Å². The number of hydrogen-bond donors (Lipinski definition) is 1. The highest BCUT2D eigenvalue weighted by atomic mass is 16.1. The molecule has 0 aromatic carbocycles. The number of pyridine rings is 1. The molecular formula is C11H18N2O. The van der Waals surface area contributed by atoms with Crippen LogP contribution in [0.5, 0.6) is 0 Å². The van der Waals surface area contributed by atoms with Crippen LogP contribution in [0.15, 0.2) is 23.0 Å². The third kappa shape index (κ3) is 2.45. The van der Waals surface area contributed by atoms with Crippen LogP contribution in [-0.2, 0) is 6.54 Å². The van der Waals surface area contributed by atoms with Gasteiger partial charge in [0, 0.05) is 24.3 Å². The SMILES string of the molecule is Cc1cccc(=O)n1CC(N)C(C)C. The Hall–Kier alpha value is -1.09. The highest BCUT2D eigenvalue weighted by Gasteiger charge is 2.09. The van der Waals surface area contributed by atoms with Gasteiger partial charge >= 0.3 is 0 Å². The van der Waals surface area contributed by atoms with Crippen LogP contribution in [0.3, 0.4) is 0 Å². The van der Waals surface area contributed by atoms with Crippen LogP contribution in [0.25, 0.3) is 0 Å². The zero-order chi connectivity index (χ0) is 10.7. The van der Waals surface area contributed by atoms with E-state index in [1.54, 1.807) is 16.7 Å². The van der Waals surface area contributed by atoms with Crippen LogP contribution in [-0.4, -0.2) is 10.6 Å². The maximum absolute atomic E-state index is 11.5. The summed E-state index contributed by atoms with van der Waals surface area (Å²) in [5, 5.41) is 0. The van der Waals surface area contributed by atoms with Gasteiger partial charge in [-0.3, -0.25) is 4.79 Å². The van der Waals surface area contributed by atoms with Gasteiger partial charge < -0.3 is 10.3 Å². The summed E-state index contributed by atoms with van der Waals surface area (Å²) in [5.74, 6) is 0.390. The van der Waals surface area contributed by atoms with E-state index in [1.807, 2.05) is 13.0 Å². The van der Waals surface area contributed by atoms with Gasteiger partial charge in [0.25, 0.3) is 5.56 Å². The van der Waals surface area contributed by atoms with Crippen molar-refractivity contribution >= 4 is 0 Å². The zero-order valence-corrected chi connectivity index (χ0v) is 9.03. The fourth-order valence-electron chi connectivity index (χ4n) is 1.28. The first-order valence-electron chi connectivity index (χ1n) is 4.94. The van der Waals surface area contributed by atoms with E-state index in [9.17, 15) is 4.79 Å². The lowest BCUT2D eigenvalue weighted by molar-refractivity contribution is 0.423. The number of rotatable bonds is 3. The number of nitrogens with zero attached hydrogens (tertiary/aromatic N) is 1. The van der Waals surface area contributed by atoms with Crippen LogP contribution >= 0.6 is 0 Å². The Labute approximate surface area is 84.6 Å². The van der Waals surface area contributed by atoms with Crippen LogP contribution in [0, 0.1) is 12.8 Å². The topological polar surface area (TPSA) is 48.0 Å². The second-order valence-corrected chi connectivity index (χ2v) is 4.02. The predicted molar refractivity (Wildman–Crippen MR) is 58.3 cm³/mol. The highest BCUT2D eigenvalue weighted by molar-refractivity contribution is 5.04. The predicted octanol–water partition coefficient (Wildman–Crippen LogP) is 1.14. The van der Waals surface area contributed by atoms with E-state index >= 15 is 0 Å². The molecule has 1 atom stereocenters. The van der Waals surface area contributed by atoms with Gasteiger partial charge in [-0.25, -0.2) is 0 Å². The minimum Gasteiger partial charge on any atom is -0.326 e. The van der Waals surface area contributed by atoms with Gasteiger partial charge in [0.15, 0.2) is 0 Å². The number of nitrogens with two attached hydrogens (primary N) is 1. The molecule has 78 valence electrons. The standard InChI is InChI=1S/C11H18N2O/c1-8(2)10(12)7-13-9(3)5-4-6-11(13)14/h4-6,8,10H,7,12H2,1-3H3. The molecule has 1 unspecified atom stereocenters. The summed E-state index contributed by atoms with van der Waals surface area (Å²) in [5.41, 5.74) is 6.92. The van der Waals surface area contributed by atoms with Crippen molar-refractivity contribution in [2.45, 2.75) is 33.4 Å². The molecule has 3 nitrogen and oxygen atoms in total. The molecule has 0 radical (unpaired) electrons. The quantitative estimate of drug-likeness (QED) is 0.784. The molecule has 14 heavy (non-hydrogen) atoms. The number of aryl methyl sites for hydroxylation is 1. The first-order valence-corrected chi connectivity index (χ1v) is 4.94. The summed E-state index contributed by atoms with van der Waals surface area (Å²) in [7, 11) is 0. The van der Waals surface area contributed by atoms with Crippen molar-refractivity contribution in [3.63, 3.8) is 0 Å². The zero-order valence-electron chi connectivity index (χ0n) is 9.03. The van der Waals surface area contributed by atoms with Gasteiger partial charge in [-0.2, -0.15) is 0 Å². The maximum atomic E-state index is 11.5. The maximum Gasteiger partial charge on any atom is 0.250 e. The number of aromatic nitrogens is 1. The molecule has 0 saturated carbocycles. The van der Waals surface area contributed by atoms with Crippen molar-refractivity contribution in [1.82, 2.24) is 4.57 Å². The summed E-state index contributed by atoms with van der Waals surface area (Å²) >= 11 is 0. The Bertz CT molecular complexity index is 355. The van der Waals surface area contributed by atoms with E-state index in [1.165, 1.54) is 0 Å². The average Bonchev–Trinajstić information content (AvgIpc) is 2.11. The van der Waals surface area contributed by atoms with Crippen LogP contribution in [0.2, 0.25) is 0 Å². The minimum atomic E-state index is 0.0288. The van der Waals surface area contributed by atoms with Crippen molar-refractivity contribution in [2.75, 3.05) is 0 Å². The molecule has 0 fully saturated rings. The van der Waals surface area contributed by atoms with Gasteiger partial charge in [0.05, 0.1) is 0 Å². The van der Waals surface area contributed by atoms with Gasteiger partial charge in [-0.05, 0) is 18.9 Å². The second kappa shape index (κ2) is 4.42. The molecule has 2 N–H and O–H groups in total. The molecule has 0 amide bonds. The Morgan fingerprint density at radius 2 is 2.07 bits per heavy atom. The van der Waals surface area contributed by atoms with E-state index in [4.69, 9.17) is 5.73 Å². The lowest BCUT2D eigenvalue weighted by atomic mass is 10.1. The molecule has 0 aliphatic heterocycles. The molecule has 1 aromatic rings. The number of hydrogen-bond acceptors (Lipinski definition) is 2. The third-order valence-corrected chi connectivity index (χ3v) is 2.52. The lowest BCUT2D eigenvalue weighted by Gasteiger charge is -2.18. The summed E-state index contributed by atoms with van der Waals surface area (Å²) in [6.07, 6.45) is 0. The first kappa shape index (κ1) is 11.0. The van der Waals surface area contributed by atoms with E-state index in [0.717, 1.165) is 5.69 Å². The van der Waals surface area contributed by atoms with Crippen LogP contribution in [0.1, 0.15) is 19.5 Å². The van der Waals surface area contributed by atoms with Gasteiger partial charge in [0.2, 0.25) is 0 Å². The Kier molecular flexibility index (Phi) is 3.47. The van der Waals surface area contributed by atoms with E-state index in [-0.39, 0.29) is 11.6 Å². The largest absolute Gasteiger partial charge is 0.326 e. The van der Waals surface area contributed by atoms with Gasteiger partial charge in [0.1, 0.15) is 0 Å². The first-order chi connectivity index (χ1) is 6.52.